The first-order chi connectivity index (χ1) is 16.3. The van der Waals surface area contributed by atoms with Gasteiger partial charge >= 0.3 is 12.2 Å². The third kappa shape index (κ3) is 4.06. The van der Waals surface area contributed by atoms with E-state index in [0.717, 1.165) is 37.3 Å². The molecule has 34 heavy (non-hydrogen) atoms. The molecule has 1 fully saturated rings. The normalized spacial score (nSPS) is 17.2. The lowest BCUT2D eigenvalue weighted by molar-refractivity contribution is -0.137. The van der Waals surface area contributed by atoms with E-state index in [4.69, 9.17) is 4.74 Å². The molecule has 0 radical (unpaired) electrons. The fourth-order valence-electron chi connectivity index (χ4n) is 4.27. The fourth-order valence-corrected chi connectivity index (χ4v) is 4.27. The average molecular weight is 471 g/mol. The molecule has 0 aliphatic carbocycles. The van der Waals surface area contributed by atoms with Gasteiger partial charge in [-0.25, -0.2) is 19.7 Å². The van der Waals surface area contributed by atoms with Crippen molar-refractivity contribution in [2.45, 2.75) is 25.1 Å². The minimum Gasteiger partial charge on any atom is -0.481 e. The van der Waals surface area contributed by atoms with Gasteiger partial charge in [0.25, 0.3) is 0 Å². The zero-order valence-corrected chi connectivity index (χ0v) is 18.1. The Morgan fingerprint density at radius 1 is 1.21 bits per heavy atom. The Morgan fingerprint density at radius 2 is 2.06 bits per heavy atom. The van der Waals surface area contributed by atoms with Gasteiger partial charge in [-0.3, -0.25) is 15.2 Å². The molecule has 0 aromatic carbocycles. The highest BCUT2D eigenvalue weighted by atomic mass is 19.4. The molecule has 0 saturated carbocycles. The molecule has 2 aliphatic rings. The van der Waals surface area contributed by atoms with Crippen molar-refractivity contribution >= 4 is 23.4 Å². The zero-order valence-electron chi connectivity index (χ0n) is 18.1. The van der Waals surface area contributed by atoms with Crippen molar-refractivity contribution in [1.29, 1.82) is 0 Å². The molecule has 176 valence electrons. The maximum atomic E-state index is 13.4. The van der Waals surface area contributed by atoms with Crippen molar-refractivity contribution < 1.29 is 22.7 Å². The molecule has 0 unspecified atom stereocenters. The van der Waals surface area contributed by atoms with Gasteiger partial charge in [-0.2, -0.15) is 13.2 Å². The van der Waals surface area contributed by atoms with Crippen LogP contribution in [0.25, 0.3) is 11.3 Å². The average Bonchev–Trinajstić information content (AvgIpc) is 2.83. The van der Waals surface area contributed by atoms with Crippen LogP contribution in [0.4, 0.5) is 35.3 Å². The number of halogens is 3. The number of urea groups is 1. The van der Waals surface area contributed by atoms with E-state index in [1.807, 2.05) is 0 Å². The van der Waals surface area contributed by atoms with E-state index < -0.39 is 17.8 Å². The first-order valence-corrected chi connectivity index (χ1v) is 10.6. The number of piperidine rings is 1. The lowest BCUT2D eigenvalue weighted by Crippen LogP contribution is -2.56. The summed E-state index contributed by atoms with van der Waals surface area (Å²) < 4.78 is 44.7. The summed E-state index contributed by atoms with van der Waals surface area (Å²) in [6.07, 6.45) is 0.517. The number of rotatable bonds is 3. The molecule has 5 heterocycles. The van der Waals surface area contributed by atoms with Crippen LogP contribution in [0, 0.1) is 0 Å². The summed E-state index contributed by atoms with van der Waals surface area (Å²) in [6, 6.07) is 5.34. The molecular formula is C22H20F3N7O2. The van der Waals surface area contributed by atoms with Crippen LogP contribution in [0.3, 0.4) is 0 Å². The highest BCUT2D eigenvalue weighted by Gasteiger charge is 2.38. The number of carbonyl (C=O) groups is 1. The molecule has 2 aliphatic heterocycles. The Bertz CT molecular complexity index is 1240. The van der Waals surface area contributed by atoms with Crippen molar-refractivity contribution in [3.63, 3.8) is 0 Å². The third-order valence-corrected chi connectivity index (χ3v) is 5.85. The Kier molecular flexibility index (Phi) is 5.42. The van der Waals surface area contributed by atoms with E-state index in [0.29, 0.717) is 23.9 Å². The number of methoxy groups -OCH3 is 1. The zero-order chi connectivity index (χ0) is 23.9. The molecule has 12 heteroatoms. The largest absolute Gasteiger partial charge is 0.481 e. The van der Waals surface area contributed by atoms with Gasteiger partial charge in [-0.1, -0.05) is 0 Å². The van der Waals surface area contributed by atoms with Crippen molar-refractivity contribution in [3.8, 4) is 17.1 Å². The topological polar surface area (TPSA) is 96.4 Å². The van der Waals surface area contributed by atoms with Crippen LogP contribution in [-0.4, -0.2) is 52.2 Å². The molecule has 2 amide bonds. The Morgan fingerprint density at radius 3 is 2.85 bits per heavy atom. The van der Waals surface area contributed by atoms with E-state index in [1.54, 1.807) is 17.0 Å². The highest BCUT2D eigenvalue weighted by Crippen LogP contribution is 2.40. The summed E-state index contributed by atoms with van der Waals surface area (Å²) in [5.41, 5.74) is 0.386. The lowest BCUT2D eigenvalue weighted by Gasteiger charge is -2.45. The first kappa shape index (κ1) is 21.9. The van der Waals surface area contributed by atoms with Crippen LogP contribution >= 0.6 is 0 Å². The Labute approximate surface area is 192 Å². The Balaban J connectivity index is 1.53. The number of amides is 2. The number of aromatic nitrogens is 4. The van der Waals surface area contributed by atoms with Gasteiger partial charge in [0.2, 0.25) is 5.88 Å². The van der Waals surface area contributed by atoms with E-state index in [1.165, 1.54) is 25.7 Å². The molecular weight excluding hydrogens is 451 g/mol. The quantitative estimate of drug-likeness (QED) is 0.617. The van der Waals surface area contributed by atoms with Gasteiger partial charge < -0.3 is 9.64 Å². The number of hydrogen-bond donors (Lipinski definition) is 1. The van der Waals surface area contributed by atoms with E-state index in [9.17, 15) is 18.0 Å². The summed E-state index contributed by atoms with van der Waals surface area (Å²) in [5, 5.41) is 2.75. The molecule has 3 aromatic rings. The number of ether oxygens (including phenoxy) is 1. The number of anilines is 3. The van der Waals surface area contributed by atoms with E-state index >= 15 is 0 Å². The number of nitrogens with zero attached hydrogens (tertiary/aromatic N) is 6. The second-order valence-electron chi connectivity index (χ2n) is 7.99. The minimum atomic E-state index is -4.52. The van der Waals surface area contributed by atoms with Gasteiger partial charge in [0.1, 0.15) is 12.1 Å². The summed E-state index contributed by atoms with van der Waals surface area (Å²) in [7, 11) is 1.46. The highest BCUT2D eigenvalue weighted by molar-refractivity contribution is 6.04. The predicted molar refractivity (Wildman–Crippen MR) is 118 cm³/mol. The van der Waals surface area contributed by atoms with Gasteiger partial charge in [0.15, 0.2) is 5.82 Å². The van der Waals surface area contributed by atoms with E-state index in [2.05, 4.69) is 30.2 Å². The third-order valence-electron chi connectivity index (χ3n) is 5.85. The number of hydrogen-bond acceptors (Lipinski definition) is 7. The fraction of sp³-hybridized carbons (Fsp3) is 0.318. The van der Waals surface area contributed by atoms with Gasteiger partial charge in [-0.15, -0.1) is 0 Å². The molecule has 2 bridgehead atoms. The smallest absolute Gasteiger partial charge is 0.417 e. The van der Waals surface area contributed by atoms with E-state index in [-0.39, 0.29) is 17.4 Å². The summed E-state index contributed by atoms with van der Waals surface area (Å²) in [4.78, 5) is 33.4. The molecule has 1 saturated heterocycles. The number of fused-ring (bicyclic) bond motifs is 4. The molecule has 3 aromatic heterocycles. The van der Waals surface area contributed by atoms with Crippen molar-refractivity contribution in [2.75, 3.05) is 35.3 Å². The molecule has 0 spiro atoms. The number of carbonyl (C=O) groups excluding carboxylic acids is 1. The maximum absolute atomic E-state index is 13.4. The number of nitrogens with one attached hydrogen (secondary N) is 1. The van der Waals surface area contributed by atoms with Crippen LogP contribution in [0.5, 0.6) is 5.88 Å². The summed E-state index contributed by atoms with van der Waals surface area (Å²) in [6.45, 7) is 1.45. The number of pyridine rings is 2. The monoisotopic (exact) mass is 471 g/mol. The SMILES string of the molecule is COc1cc(NC(=O)N2c3nc(-c4cncc(C(F)(F)F)c4)ccc3N3CCC[C@H]2C3)ncn1. The van der Waals surface area contributed by atoms with Crippen LogP contribution in [-0.2, 0) is 6.18 Å². The second-order valence-corrected chi connectivity index (χ2v) is 7.99. The first-order valence-electron chi connectivity index (χ1n) is 10.6. The van der Waals surface area contributed by atoms with Gasteiger partial charge in [-0.05, 0) is 31.0 Å². The molecule has 1 N–H and O–H groups in total. The van der Waals surface area contributed by atoms with Crippen LogP contribution in [0.2, 0.25) is 0 Å². The van der Waals surface area contributed by atoms with Crippen LogP contribution in [0.1, 0.15) is 18.4 Å². The van der Waals surface area contributed by atoms with Crippen molar-refractivity contribution in [3.05, 3.63) is 48.5 Å². The lowest BCUT2D eigenvalue weighted by atomic mass is 9.99. The molecule has 1 atom stereocenters. The summed E-state index contributed by atoms with van der Waals surface area (Å²) >= 11 is 0. The molecule has 9 nitrogen and oxygen atoms in total. The van der Waals surface area contributed by atoms with Gasteiger partial charge in [0, 0.05) is 37.1 Å². The second kappa shape index (κ2) is 8.43. The number of alkyl halides is 3. The Hall–Kier alpha value is -3.96. The van der Waals surface area contributed by atoms with Crippen molar-refractivity contribution in [1.82, 2.24) is 19.9 Å². The maximum Gasteiger partial charge on any atom is 0.417 e. The van der Waals surface area contributed by atoms with Gasteiger partial charge in [0.05, 0.1) is 30.1 Å². The predicted octanol–water partition coefficient (Wildman–Crippen LogP) is 3.98. The van der Waals surface area contributed by atoms with Crippen LogP contribution < -0.4 is 19.9 Å². The molecule has 5 rings (SSSR count). The summed E-state index contributed by atoms with van der Waals surface area (Å²) in [5.74, 6) is 0.935. The van der Waals surface area contributed by atoms with Crippen molar-refractivity contribution in [2.24, 2.45) is 0 Å². The van der Waals surface area contributed by atoms with Crippen LogP contribution in [0.15, 0.2) is 43.0 Å². The standard InChI is InChI=1S/C22H20F3N7O2/c1-34-19-8-18(27-12-28-19)30-21(33)32-15-3-2-6-31(11-15)17-5-4-16(29-20(17)32)13-7-14(10-26-9-13)22(23,24)25/h4-5,7-10,12,15H,2-3,6,11H2,1H3,(H,27,28,30,33)/t15-/m0/s1. The minimum absolute atomic E-state index is 0.146.